The minimum atomic E-state index is -0.0822. The average Bonchev–Trinajstić information content (AvgIpc) is 2.05. The highest BCUT2D eigenvalue weighted by Gasteiger charge is 2.05. The number of ether oxygens (including phenoxy) is 1. The van der Waals surface area contributed by atoms with Gasteiger partial charge in [-0.3, -0.25) is 9.78 Å². The Bertz CT molecular complexity index is 284. The molecule has 3 nitrogen and oxygen atoms in total. The van der Waals surface area contributed by atoms with Crippen molar-refractivity contribution in [2.45, 2.75) is 6.92 Å². The summed E-state index contributed by atoms with van der Waals surface area (Å²) in [7, 11) is 1.49. The van der Waals surface area contributed by atoms with E-state index >= 15 is 0 Å². The number of hydrogen-bond donors (Lipinski definition) is 0. The lowest BCUT2D eigenvalue weighted by Crippen LogP contribution is -2.08. The highest BCUT2D eigenvalue weighted by atomic mass is 16.5. The van der Waals surface area contributed by atoms with Crippen LogP contribution in [0.25, 0.3) is 0 Å². The quantitative estimate of drug-likeness (QED) is 0.632. The normalized spacial score (nSPS) is 9.83. The predicted octanol–water partition coefficient (Wildman–Crippen LogP) is 1.22. The number of nitrogens with zero attached hydrogens (tertiary/aromatic N) is 1. The average molecular weight is 165 g/mol. The van der Waals surface area contributed by atoms with Crippen LogP contribution in [-0.4, -0.2) is 24.5 Å². The molecule has 0 aromatic carbocycles. The fourth-order valence-corrected chi connectivity index (χ4v) is 0.894. The van der Waals surface area contributed by atoms with Gasteiger partial charge in [0.05, 0.1) is 0 Å². The lowest BCUT2D eigenvalue weighted by molar-refractivity contribution is 0.0843. The second kappa shape index (κ2) is 3.97. The molecule has 0 bridgehead atoms. The largest absolute Gasteiger partial charge is 0.376 e. The predicted molar refractivity (Wildman–Crippen MR) is 45.2 cm³/mol. The van der Waals surface area contributed by atoms with E-state index in [9.17, 15) is 4.79 Å². The van der Waals surface area contributed by atoms with E-state index in [4.69, 9.17) is 4.74 Å². The van der Waals surface area contributed by atoms with Gasteiger partial charge in [0.25, 0.3) is 0 Å². The van der Waals surface area contributed by atoms with Crippen LogP contribution in [0, 0.1) is 6.92 Å². The maximum Gasteiger partial charge on any atom is 0.206 e. The Kier molecular flexibility index (Phi) is 2.94. The Morgan fingerprint density at radius 2 is 2.42 bits per heavy atom. The van der Waals surface area contributed by atoms with Gasteiger partial charge in [-0.1, -0.05) is 0 Å². The van der Waals surface area contributed by atoms with Crippen molar-refractivity contribution >= 4 is 5.78 Å². The molecule has 0 saturated heterocycles. The molecule has 0 amide bonds. The van der Waals surface area contributed by atoms with Gasteiger partial charge in [-0.05, 0) is 24.6 Å². The summed E-state index contributed by atoms with van der Waals surface area (Å²) in [6.07, 6.45) is 1.62. The summed E-state index contributed by atoms with van der Waals surface area (Å²) in [6, 6.07) is 3.60. The van der Waals surface area contributed by atoms with Crippen molar-refractivity contribution in [3.05, 3.63) is 29.6 Å². The summed E-state index contributed by atoms with van der Waals surface area (Å²) < 4.78 is 4.71. The van der Waals surface area contributed by atoms with Gasteiger partial charge in [0.1, 0.15) is 12.3 Å². The molecule has 1 rings (SSSR count). The minimum Gasteiger partial charge on any atom is -0.376 e. The third-order valence-corrected chi connectivity index (χ3v) is 1.48. The number of pyridine rings is 1. The second-order valence-corrected chi connectivity index (χ2v) is 2.57. The summed E-state index contributed by atoms with van der Waals surface area (Å²) in [5, 5.41) is 0. The Hall–Kier alpha value is -1.22. The standard InChI is InChI=1S/C9H11NO2/c1-7-3-4-10-8(5-7)9(11)6-12-2/h3-5H,6H2,1-2H3. The topological polar surface area (TPSA) is 39.2 Å². The number of rotatable bonds is 3. The number of Topliss-reactive ketones (excluding diaryl/α,β-unsaturated/α-hetero) is 1. The zero-order valence-corrected chi connectivity index (χ0v) is 7.20. The number of aromatic nitrogens is 1. The van der Waals surface area contributed by atoms with E-state index in [1.807, 2.05) is 13.0 Å². The molecule has 0 fully saturated rings. The lowest BCUT2D eigenvalue weighted by atomic mass is 10.2. The third kappa shape index (κ3) is 2.13. The molecule has 0 aliphatic carbocycles. The van der Waals surface area contributed by atoms with Crippen LogP contribution >= 0.6 is 0 Å². The molecule has 0 aliphatic rings. The number of carbonyl (C=O) groups excluding carboxylic acids is 1. The smallest absolute Gasteiger partial charge is 0.206 e. The number of methoxy groups -OCH3 is 1. The molecule has 1 aromatic rings. The second-order valence-electron chi connectivity index (χ2n) is 2.57. The van der Waals surface area contributed by atoms with Gasteiger partial charge in [-0.25, -0.2) is 0 Å². The van der Waals surface area contributed by atoms with Crippen LogP contribution in [0.4, 0.5) is 0 Å². The van der Waals surface area contributed by atoms with Gasteiger partial charge in [0.15, 0.2) is 0 Å². The van der Waals surface area contributed by atoms with Crippen molar-refractivity contribution in [2.24, 2.45) is 0 Å². The summed E-state index contributed by atoms with van der Waals surface area (Å²) in [5.41, 5.74) is 1.50. The molecule has 0 aliphatic heterocycles. The van der Waals surface area contributed by atoms with Gasteiger partial charge in [0, 0.05) is 13.3 Å². The SMILES string of the molecule is COCC(=O)c1cc(C)ccn1. The zero-order valence-electron chi connectivity index (χ0n) is 7.20. The van der Waals surface area contributed by atoms with Gasteiger partial charge >= 0.3 is 0 Å². The van der Waals surface area contributed by atoms with E-state index in [1.54, 1.807) is 12.3 Å². The van der Waals surface area contributed by atoms with Gasteiger partial charge in [-0.2, -0.15) is 0 Å². The van der Waals surface area contributed by atoms with Gasteiger partial charge in [0.2, 0.25) is 5.78 Å². The van der Waals surface area contributed by atoms with Crippen molar-refractivity contribution in [2.75, 3.05) is 13.7 Å². The molecular formula is C9H11NO2. The molecule has 0 saturated carbocycles. The monoisotopic (exact) mass is 165 g/mol. The third-order valence-electron chi connectivity index (χ3n) is 1.48. The van der Waals surface area contributed by atoms with Gasteiger partial charge in [-0.15, -0.1) is 0 Å². The molecule has 12 heavy (non-hydrogen) atoms. The fraction of sp³-hybridized carbons (Fsp3) is 0.333. The molecule has 1 aromatic heterocycles. The maximum atomic E-state index is 11.2. The molecule has 64 valence electrons. The van der Waals surface area contributed by atoms with E-state index in [0.29, 0.717) is 5.69 Å². The number of aryl methyl sites for hydroxylation is 1. The summed E-state index contributed by atoms with van der Waals surface area (Å²) in [5.74, 6) is -0.0822. The lowest BCUT2D eigenvalue weighted by Gasteiger charge is -1.98. The van der Waals surface area contributed by atoms with Crippen LogP contribution in [-0.2, 0) is 4.74 Å². The van der Waals surface area contributed by atoms with Crippen molar-refractivity contribution < 1.29 is 9.53 Å². The Morgan fingerprint density at radius 3 is 3.00 bits per heavy atom. The number of ketones is 1. The van der Waals surface area contributed by atoms with Crippen LogP contribution in [0.1, 0.15) is 16.1 Å². The fourth-order valence-electron chi connectivity index (χ4n) is 0.894. The van der Waals surface area contributed by atoms with Crippen molar-refractivity contribution in [1.82, 2.24) is 4.98 Å². The van der Waals surface area contributed by atoms with E-state index in [1.165, 1.54) is 7.11 Å². The van der Waals surface area contributed by atoms with Crippen LogP contribution < -0.4 is 0 Å². The van der Waals surface area contributed by atoms with Crippen LogP contribution in [0.2, 0.25) is 0 Å². The summed E-state index contributed by atoms with van der Waals surface area (Å²) in [6.45, 7) is 2.02. The number of carbonyl (C=O) groups is 1. The molecule has 0 atom stereocenters. The summed E-state index contributed by atoms with van der Waals surface area (Å²) >= 11 is 0. The number of hydrogen-bond acceptors (Lipinski definition) is 3. The van der Waals surface area contributed by atoms with Crippen LogP contribution in [0.3, 0.4) is 0 Å². The first-order valence-corrected chi connectivity index (χ1v) is 3.69. The van der Waals surface area contributed by atoms with Gasteiger partial charge < -0.3 is 4.74 Å². The molecule has 1 heterocycles. The van der Waals surface area contributed by atoms with E-state index in [2.05, 4.69) is 4.98 Å². The van der Waals surface area contributed by atoms with E-state index in [-0.39, 0.29) is 12.4 Å². The van der Waals surface area contributed by atoms with Crippen LogP contribution in [0.15, 0.2) is 18.3 Å². The first-order valence-electron chi connectivity index (χ1n) is 3.69. The maximum absolute atomic E-state index is 11.2. The van der Waals surface area contributed by atoms with Crippen molar-refractivity contribution in [3.8, 4) is 0 Å². The molecule has 0 spiro atoms. The Morgan fingerprint density at radius 1 is 1.67 bits per heavy atom. The molecule has 3 heteroatoms. The van der Waals surface area contributed by atoms with E-state index < -0.39 is 0 Å². The molecular weight excluding hydrogens is 154 g/mol. The first kappa shape index (κ1) is 8.87. The minimum absolute atomic E-state index is 0.0822. The zero-order chi connectivity index (χ0) is 8.97. The molecule has 0 radical (unpaired) electrons. The van der Waals surface area contributed by atoms with E-state index in [0.717, 1.165) is 5.56 Å². The Balaban J connectivity index is 2.81. The van der Waals surface area contributed by atoms with Crippen LogP contribution in [0.5, 0.6) is 0 Å². The first-order chi connectivity index (χ1) is 5.74. The molecule has 0 N–H and O–H groups in total. The van der Waals surface area contributed by atoms with Crippen molar-refractivity contribution in [1.29, 1.82) is 0 Å². The highest BCUT2D eigenvalue weighted by Crippen LogP contribution is 2.00. The summed E-state index contributed by atoms with van der Waals surface area (Å²) in [4.78, 5) is 15.1. The molecule has 0 unspecified atom stereocenters. The van der Waals surface area contributed by atoms with Crippen molar-refractivity contribution in [3.63, 3.8) is 0 Å². The highest BCUT2D eigenvalue weighted by molar-refractivity contribution is 5.95. The Labute approximate surface area is 71.4 Å².